The van der Waals surface area contributed by atoms with Crippen LogP contribution in [0.4, 0.5) is 17.6 Å². The molecular formula is C16H18ClF4N3. The Hall–Kier alpha value is -1.60. The van der Waals surface area contributed by atoms with E-state index in [2.05, 4.69) is 10.3 Å². The van der Waals surface area contributed by atoms with Gasteiger partial charge >= 0.3 is 6.18 Å². The summed E-state index contributed by atoms with van der Waals surface area (Å²) in [5, 5.41) is 3.27. The molecule has 0 bridgehead atoms. The highest BCUT2D eigenvalue weighted by Gasteiger charge is 2.34. The monoisotopic (exact) mass is 363 g/mol. The third kappa shape index (κ3) is 3.72. The highest BCUT2D eigenvalue weighted by Crippen LogP contribution is 2.34. The summed E-state index contributed by atoms with van der Waals surface area (Å²) in [6.45, 7) is 1.81. The van der Waals surface area contributed by atoms with E-state index >= 15 is 0 Å². The van der Waals surface area contributed by atoms with Gasteiger partial charge in [-0.3, -0.25) is 0 Å². The van der Waals surface area contributed by atoms with Crippen molar-refractivity contribution in [1.29, 1.82) is 0 Å². The lowest BCUT2D eigenvalue weighted by Gasteiger charge is -2.21. The summed E-state index contributed by atoms with van der Waals surface area (Å²) in [7, 11) is 1.84. The van der Waals surface area contributed by atoms with Gasteiger partial charge < -0.3 is 9.88 Å². The molecule has 1 aliphatic heterocycles. The Kier molecular flexibility index (Phi) is 5.55. The van der Waals surface area contributed by atoms with Crippen molar-refractivity contribution in [3.63, 3.8) is 0 Å². The summed E-state index contributed by atoms with van der Waals surface area (Å²) in [6, 6.07) is 3.00. The van der Waals surface area contributed by atoms with Gasteiger partial charge in [0.25, 0.3) is 0 Å². The number of hydrogen-bond donors (Lipinski definition) is 1. The van der Waals surface area contributed by atoms with E-state index in [-0.39, 0.29) is 23.9 Å². The van der Waals surface area contributed by atoms with E-state index in [9.17, 15) is 17.6 Å². The molecule has 132 valence electrons. The van der Waals surface area contributed by atoms with E-state index in [0.29, 0.717) is 5.69 Å². The average molecular weight is 364 g/mol. The molecule has 0 saturated carbocycles. The van der Waals surface area contributed by atoms with Crippen molar-refractivity contribution in [2.45, 2.75) is 24.9 Å². The van der Waals surface area contributed by atoms with Crippen LogP contribution < -0.4 is 5.32 Å². The fourth-order valence-electron chi connectivity index (χ4n) is 2.98. The summed E-state index contributed by atoms with van der Waals surface area (Å²) in [5.41, 5.74) is -0.551. The van der Waals surface area contributed by atoms with Gasteiger partial charge in [0.15, 0.2) is 0 Å². The van der Waals surface area contributed by atoms with Gasteiger partial charge in [-0.2, -0.15) is 13.2 Å². The zero-order chi connectivity index (χ0) is 16.6. The third-order valence-corrected chi connectivity index (χ3v) is 4.18. The van der Waals surface area contributed by atoms with Gasteiger partial charge in [-0.15, -0.1) is 12.4 Å². The second-order valence-corrected chi connectivity index (χ2v) is 5.81. The van der Waals surface area contributed by atoms with Crippen molar-refractivity contribution in [3.8, 4) is 11.3 Å². The number of piperidine rings is 1. The van der Waals surface area contributed by atoms with Crippen molar-refractivity contribution >= 4 is 12.4 Å². The molecule has 1 N–H and O–H groups in total. The molecule has 0 radical (unpaired) electrons. The highest BCUT2D eigenvalue weighted by molar-refractivity contribution is 5.85. The lowest BCUT2D eigenvalue weighted by Crippen LogP contribution is -2.27. The number of alkyl halides is 3. The minimum atomic E-state index is -4.72. The molecule has 0 aliphatic carbocycles. The minimum absolute atomic E-state index is 0. The molecule has 1 aromatic heterocycles. The summed E-state index contributed by atoms with van der Waals surface area (Å²) in [4.78, 5) is 4.50. The summed E-state index contributed by atoms with van der Waals surface area (Å²) in [6.07, 6.45) is -1.12. The van der Waals surface area contributed by atoms with E-state index in [4.69, 9.17) is 0 Å². The molecule has 1 saturated heterocycles. The second-order valence-electron chi connectivity index (χ2n) is 5.81. The zero-order valence-corrected chi connectivity index (χ0v) is 13.8. The maximum absolute atomic E-state index is 13.4. The van der Waals surface area contributed by atoms with Crippen LogP contribution in [0, 0.1) is 5.82 Å². The topological polar surface area (TPSA) is 29.9 Å². The standard InChI is InChI=1S/C16H17F4N3.ClH/c1-23-9-14(22-15(23)10-4-6-21-7-5-10)11-2-3-13(17)12(8-11)16(18,19)20;/h2-3,8-10,21H,4-7H2,1H3;1H. The lowest BCUT2D eigenvalue weighted by atomic mass is 9.97. The fourth-order valence-corrected chi connectivity index (χ4v) is 2.98. The maximum Gasteiger partial charge on any atom is 0.419 e. The number of aromatic nitrogens is 2. The molecule has 1 aromatic carbocycles. The summed E-state index contributed by atoms with van der Waals surface area (Å²) in [5.74, 6) is -0.118. The van der Waals surface area contributed by atoms with Crippen LogP contribution in [0.5, 0.6) is 0 Å². The van der Waals surface area contributed by atoms with Gasteiger partial charge in [0.1, 0.15) is 11.6 Å². The number of imidazole rings is 1. The Bertz CT molecular complexity index is 706. The fraction of sp³-hybridized carbons (Fsp3) is 0.438. The number of benzene rings is 1. The number of hydrogen-bond acceptors (Lipinski definition) is 2. The Balaban J connectivity index is 0.00000208. The number of rotatable bonds is 2. The predicted molar refractivity (Wildman–Crippen MR) is 85.7 cm³/mol. The first-order chi connectivity index (χ1) is 10.9. The van der Waals surface area contributed by atoms with Gasteiger partial charge in [0, 0.05) is 24.7 Å². The number of nitrogens with one attached hydrogen (secondary N) is 1. The number of nitrogens with zero attached hydrogens (tertiary/aromatic N) is 2. The van der Waals surface area contributed by atoms with Crippen molar-refractivity contribution in [2.24, 2.45) is 7.05 Å². The summed E-state index contributed by atoms with van der Waals surface area (Å²) < 4.78 is 53.8. The van der Waals surface area contributed by atoms with Crippen LogP contribution in [0.1, 0.15) is 30.1 Å². The van der Waals surface area contributed by atoms with Crippen LogP contribution in [-0.2, 0) is 13.2 Å². The van der Waals surface area contributed by atoms with Gasteiger partial charge in [-0.1, -0.05) is 0 Å². The Morgan fingerprint density at radius 1 is 1.21 bits per heavy atom. The highest BCUT2D eigenvalue weighted by atomic mass is 35.5. The molecule has 24 heavy (non-hydrogen) atoms. The molecule has 1 fully saturated rings. The van der Waals surface area contributed by atoms with Crippen LogP contribution >= 0.6 is 12.4 Å². The molecule has 3 nitrogen and oxygen atoms in total. The summed E-state index contributed by atoms with van der Waals surface area (Å²) >= 11 is 0. The molecule has 0 atom stereocenters. The van der Waals surface area contributed by atoms with Crippen LogP contribution in [0.3, 0.4) is 0 Å². The lowest BCUT2D eigenvalue weighted by molar-refractivity contribution is -0.139. The van der Waals surface area contributed by atoms with E-state index in [0.717, 1.165) is 43.9 Å². The Labute approximate surface area is 143 Å². The van der Waals surface area contributed by atoms with Crippen molar-refractivity contribution in [3.05, 3.63) is 41.6 Å². The van der Waals surface area contributed by atoms with Crippen molar-refractivity contribution < 1.29 is 17.6 Å². The molecule has 3 rings (SSSR count). The largest absolute Gasteiger partial charge is 0.419 e. The van der Waals surface area contributed by atoms with Gasteiger partial charge in [-0.25, -0.2) is 9.37 Å². The van der Waals surface area contributed by atoms with Crippen LogP contribution in [0.2, 0.25) is 0 Å². The number of halogens is 5. The van der Waals surface area contributed by atoms with Gasteiger partial charge in [0.2, 0.25) is 0 Å². The zero-order valence-electron chi connectivity index (χ0n) is 13.0. The maximum atomic E-state index is 13.4. The SMILES string of the molecule is Cl.Cn1cc(-c2ccc(F)c(C(F)(F)F)c2)nc1C1CCNCC1. The molecule has 0 amide bonds. The second kappa shape index (κ2) is 7.11. The first-order valence-corrected chi connectivity index (χ1v) is 7.47. The quantitative estimate of drug-likeness (QED) is 0.813. The van der Waals surface area contributed by atoms with E-state index in [1.807, 2.05) is 11.6 Å². The van der Waals surface area contributed by atoms with Crippen LogP contribution in [0.25, 0.3) is 11.3 Å². The molecule has 1 aliphatic rings. The first-order valence-electron chi connectivity index (χ1n) is 7.47. The normalized spacial score (nSPS) is 16.0. The van der Waals surface area contributed by atoms with E-state index in [1.54, 1.807) is 6.20 Å². The third-order valence-electron chi connectivity index (χ3n) is 4.18. The molecule has 8 heteroatoms. The average Bonchev–Trinajstić information content (AvgIpc) is 2.89. The van der Waals surface area contributed by atoms with E-state index < -0.39 is 17.6 Å². The van der Waals surface area contributed by atoms with Crippen LogP contribution in [-0.4, -0.2) is 22.6 Å². The number of aryl methyl sites for hydroxylation is 1. The van der Waals surface area contributed by atoms with Gasteiger partial charge in [0.05, 0.1) is 11.3 Å². The molecular weight excluding hydrogens is 346 g/mol. The smallest absolute Gasteiger partial charge is 0.337 e. The minimum Gasteiger partial charge on any atom is -0.337 e. The predicted octanol–water partition coefficient (Wildman–Crippen LogP) is 4.13. The molecule has 2 heterocycles. The molecule has 2 aromatic rings. The molecule has 0 unspecified atom stereocenters. The molecule has 0 spiro atoms. The first kappa shape index (κ1) is 18.7. The Morgan fingerprint density at radius 2 is 1.88 bits per heavy atom. The Morgan fingerprint density at radius 3 is 2.50 bits per heavy atom. The van der Waals surface area contributed by atoms with Crippen molar-refractivity contribution in [2.75, 3.05) is 13.1 Å². The van der Waals surface area contributed by atoms with Crippen molar-refractivity contribution in [1.82, 2.24) is 14.9 Å². The van der Waals surface area contributed by atoms with E-state index in [1.165, 1.54) is 6.07 Å². The van der Waals surface area contributed by atoms with Crippen LogP contribution in [0.15, 0.2) is 24.4 Å². The van der Waals surface area contributed by atoms with Gasteiger partial charge in [-0.05, 0) is 44.1 Å².